The molecule has 0 bridgehead atoms. The number of aromatic nitrogens is 1. The van der Waals surface area contributed by atoms with Crippen LogP contribution in [0.5, 0.6) is 0 Å². The average molecular weight is 427 g/mol. The highest BCUT2D eigenvalue weighted by Gasteiger charge is 2.40. The number of carbonyl (C=O) groups is 1. The lowest BCUT2D eigenvalue weighted by molar-refractivity contribution is 0.103. The standard InChI is InChI=1S/C27H30N4O/c1-6-31-16(2)14-30(15-17(31)3)19-8-10-20-22(12-19)27(4,5)26-24(25(20)32)21-9-7-18(13-28)11-23(21)29-26/h7-12,16-17,29H,6,14-15H2,1-5H3. The van der Waals surface area contributed by atoms with Crippen molar-refractivity contribution in [3.8, 4) is 6.07 Å². The van der Waals surface area contributed by atoms with Crippen LogP contribution >= 0.6 is 0 Å². The summed E-state index contributed by atoms with van der Waals surface area (Å²) in [6.07, 6.45) is 0. The fourth-order valence-corrected chi connectivity index (χ4v) is 5.88. The molecule has 32 heavy (non-hydrogen) atoms. The van der Waals surface area contributed by atoms with Crippen LogP contribution in [0.1, 0.15) is 67.4 Å². The SMILES string of the molecule is CCN1C(C)CN(c2ccc3c(c2)C(C)(C)c2[nH]c4cc(C#N)ccc4c2C3=O)CC1C. The van der Waals surface area contributed by atoms with E-state index in [1.165, 1.54) is 5.69 Å². The minimum absolute atomic E-state index is 0.0642. The van der Waals surface area contributed by atoms with Crippen molar-refractivity contribution in [2.24, 2.45) is 0 Å². The summed E-state index contributed by atoms with van der Waals surface area (Å²) in [7, 11) is 0. The molecular weight excluding hydrogens is 396 g/mol. The van der Waals surface area contributed by atoms with Crippen molar-refractivity contribution < 1.29 is 4.79 Å². The van der Waals surface area contributed by atoms with Gasteiger partial charge in [0.25, 0.3) is 0 Å². The zero-order chi connectivity index (χ0) is 22.8. The molecule has 2 heterocycles. The van der Waals surface area contributed by atoms with Gasteiger partial charge in [0.15, 0.2) is 5.78 Å². The Bertz CT molecular complexity index is 1270. The third kappa shape index (κ3) is 2.90. The van der Waals surface area contributed by atoms with Gasteiger partial charge in [-0.15, -0.1) is 0 Å². The van der Waals surface area contributed by atoms with Gasteiger partial charge in [0.05, 0.1) is 17.2 Å². The highest BCUT2D eigenvalue weighted by Crippen LogP contribution is 2.45. The van der Waals surface area contributed by atoms with E-state index in [1.807, 2.05) is 18.2 Å². The maximum Gasteiger partial charge on any atom is 0.195 e. The molecule has 3 aromatic rings. The Balaban J connectivity index is 1.60. The molecule has 0 spiro atoms. The molecule has 1 fully saturated rings. The number of anilines is 1. The molecule has 5 rings (SSSR count). The minimum atomic E-state index is -0.344. The van der Waals surface area contributed by atoms with Crippen LogP contribution in [0.15, 0.2) is 36.4 Å². The maximum atomic E-state index is 13.6. The van der Waals surface area contributed by atoms with Gasteiger partial charge in [0.1, 0.15) is 0 Å². The molecule has 1 N–H and O–H groups in total. The third-order valence-corrected chi connectivity index (χ3v) is 7.53. The van der Waals surface area contributed by atoms with E-state index < -0.39 is 0 Å². The first-order valence-electron chi connectivity index (χ1n) is 11.5. The first-order valence-corrected chi connectivity index (χ1v) is 11.5. The lowest BCUT2D eigenvalue weighted by atomic mass is 9.71. The summed E-state index contributed by atoms with van der Waals surface area (Å²) in [6, 6.07) is 15.0. The molecule has 2 aliphatic rings. The number of fused-ring (bicyclic) bond motifs is 4. The Morgan fingerprint density at radius 1 is 1.12 bits per heavy atom. The summed E-state index contributed by atoms with van der Waals surface area (Å²) in [5, 5.41) is 10.2. The highest BCUT2D eigenvalue weighted by atomic mass is 16.1. The number of benzene rings is 2. The number of rotatable bonds is 2. The number of hydrogen-bond acceptors (Lipinski definition) is 4. The molecular formula is C27H30N4O. The Kier molecular flexibility index (Phi) is 4.69. The summed E-state index contributed by atoms with van der Waals surface area (Å²) >= 11 is 0. The molecule has 1 aliphatic heterocycles. The van der Waals surface area contributed by atoms with Crippen LogP contribution in [0.25, 0.3) is 10.9 Å². The summed E-state index contributed by atoms with van der Waals surface area (Å²) in [4.78, 5) is 22.1. The van der Waals surface area contributed by atoms with Crippen molar-refractivity contribution in [1.82, 2.24) is 9.88 Å². The molecule has 0 saturated carbocycles. The monoisotopic (exact) mass is 426 g/mol. The average Bonchev–Trinajstić information content (AvgIpc) is 3.17. The summed E-state index contributed by atoms with van der Waals surface area (Å²) in [6.45, 7) is 14.2. The van der Waals surface area contributed by atoms with Gasteiger partial charge in [0, 0.05) is 58.4 Å². The topological polar surface area (TPSA) is 63.1 Å². The summed E-state index contributed by atoms with van der Waals surface area (Å²) in [5.74, 6) is 0.0642. The van der Waals surface area contributed by atoms with Crippen molar-refractivity contribution in [2.45, 2.75) is 52.1 Å². The molecule has 1 saturated heterocycles. The van der Waals surface area contributed by atoms with Crippen molar-refractivity contribution in [3.63, 3.8) is 0 Å². The smallest absolute Gasteiger partial charge is 0.195 e. The van der Waals surface area contributed by atoms with Crippen LogP contribution in [0.2, 0.25) is 0 Å². The predicted octanol–water partition coefficient (Wildman–Crippen LogP) is 4.83. The molecule has 5 heteroatoms. The lowest BCUT2D eigenvalue weighted by Gasteiger charge is -2.45. The number of nitriles is 1. The van der Waals surface area contributed by atoms with E-state index in [1.54, 1.807) is 6.07 Å². The van der Waals surface area contributed by atoms with Gasteiger partial charge in [-0.2, -0.15) is 5.26 Å². The van der Waals surface area contributed by atoms with Gasteiger partial charge < -0.3 is 9.88 Å². The van der Waals surface area contributed by atoms with E-state index in [0.717, 1.165) is 52.9 Å². The van der Waals surface area contributed by atoms with Crippen LogP contribution in [-0.2, 0) is 5.41 Å². The van der Waals surface area contributed by atoms with Crippen LogP contribution in [-0.4, -0.2) is 47.4 Å². The van der Waals surface area contributed by atoms with Crippen LogP contribution in [0.4, 0.5) is 5.69 Å². The van der Waals surface area contributed by atoms with Crippen LogP contribution < -0.4 is 4.90 Å². The van der Waals surface area contributed by atoms with Crippen LogP contribution in [0.3, 0.4) is 0 Å². The molecule has 164 valence electrons. The van der Waals surface area contributed by atoms with Gasteiger partial charge in [-0.3, -0.25) is 9.69 Å². The fraction of sp³-hybridized carbons (Fsp3) is 0.407. The Hall–Kier alpha value is -3.10. The number of H-pyrrole nitrogens is 1. The van der Waals surface area contributed by atoms with Gasteiger partial charge in [0.2, 0.25) is 0 Å². The van der Waals surface area contributed by atoms with Gasteiger partial charge in [-0.05, 0) is 56.3 Å². The van der Waals surface area contributed by atoms with Gasteiger partial charge in [-0.25, -0.2) is 0 Å². The first-order chi connectivity index (χ1) is 15.3. The molecule has 0 radical (unpaired) electrons. The van der Waals surface area contributed by atoms with Gasteiger partial charge >= 0.3 is 0 Å². The molecule has 2 unspecified atom stereocenters. The number of piperazine rings is 1. The minimum Gasteiger partial charge on any atom is -0.368 e. The normalized spacial score (nSPS) is 22.5. The van der Waals surface area contributed by atoms with Gasteiger partial charge in [-0.1, -0.05) is 26.8 Å². The highest BCUT2D eigenvalue weighted by molar-refractivity contribution is 6.20. The Labute approximate surface area is 189 Å². The second kappa shape index (κ2) is 7.21. The number of aromatic amines is 1. The van der Waals surface area contributed by atoms with Crippen LogP contribution in [0, 0.1) is 11.3 Å². The fourth-order valence-electron chi connectivity index (χ4n) is 5.88. The summed E-state index contributed by atoms with van der Waals surface area (Å²) < 4.78 is 0. The van der Waals surface area contributed by atoms with E-state index in [0.29, 0.717) is 17.6 Å². The predicted molar refractivity (Wildman–Crippen MR) is 129 cm³/mol. The zero-order valence-corrected chi connectivity index (χ0v) is 19.5. The second-order valence-corrected chi connectivity index (χ2v) is 9.86. The Morgan fingerprint density at radius 3 is 2.50 bits per heavy atom. The number of ketones is 1. The molecule has 1 aromatic heterocycles. The maximum absolute atomic E-state index is 13.6. The number of carbonyl (C=O) groups excluding carboxylic acids is 1. The van der Waals surface area contributed by atoms with Crippen molar-refractivity contribution >= 4 is 22.4 Å². The number of hydrogen-bond donors (Lipinski definition) is 1. The first kappa shape index (κ1) is 20.8. The van der Waals surface area contributed by atoms with E-state index in [4.69, 9.17) is 0 Å². The Morgan fingerprint density at radius 2 is 1.84 bits per heavy atom. The second-order valence-electron chi connectivity index (χ2n) is 9.86. The zero-order valence-electron chi connectivity index (χ0n) is 19.5. The molecule has 5 nitrogen and oxygen atoms in total. The number of nitrogens with one attached hydrogen (secondary N) is 1. The van der Waals surface area contributed by atoms with E-state index in [2.05, 4.69) is 67.6 Å². The largest absolute Gasteiger partial charge is 0.368 e. The molecule has 0 amide bonds. The quantitative estimate of drug-likeness (QED) is 0.638. The van der Waals surface area contributed by atoms with E-state index in [9.17, 15) is 10.1 Å². The number of nitrogens with zero attached hydrogens (tertiary/aromatic N) is 3. The van der Waals surface area contributed by atoms with Crippen molar-refractivity contribution in [1.29, 1.82) is 5.26 Å². The molecule has 2 atom stereocenters. The van der Waals surface area contributed by atoms with E-state index in [-0.39, 0.29) is 11.2 Å². The summed E-state index contributed by atoms with van der Waals surface area (Å²) in [5.41, 5.74) is 5.82. The van der Waals surface area contributed by atoms with Crippen molar-refractivity contribution in [2.75, 3.05) is 24.5 Å². The molecule has 1 aliphatic carbocycles. The lowest BCUT2D eigenvalue weighted by Crippen LogP contribution is -2.56. The van der Waals surface area contributed by atoms with Crippen molar-refractivity contribution in [3.05, 3.63) is 64.3 Å². The van der Waals surface area contributed by atoms with E-state index >= 15 is 0 Å². The molecule has 2 aromatic carbocycles. The number of likely N-dealkylation sites (N-methyl/N-ethyl adjacent to an activating group) is 1. The third-order valence-electron chi connectivity index (χ3n) is 7.53.